The van der Waals surface area contributed by atoms with Gasteiger partial charge in [0, 0.05) is 5.41 Å². The van der Waals surface area contributed by atoms with E-state index in [2.05, 4.69) is 0 Å². The van der Waals surface area contributed by atoms with Crippen LogP contribution in [-0.4, -0.2) is 15.8 Å². The van der Waals surface area contributed by atoms with Crippen LogP contribution in [0.25, 0.3) is 0 Å². The van der Waals surface area contributed by atoms with Gasteiger partial charge in [-0.2, -0.15) is 0 Å². The molecule has 2 heteroatoms. The van der Waals surface area contributed by atoms with E-state index in [1.165, 1.54) is 6.08 Å². The van der Waals surface area contributed by atoms with Gasteiger partial charge in [0.15, 0.2) is 0 Å². The molecule has 0 aromatic heterocycles. The van der Waals surface area contributed by atoms with E-state index in [0.717, 1.165) is 5.56 Å². The molecular formula is C14H16O2. The Hall–Kier alpha value is -1.54. The molecule has 16 heavy (non-hydrogen) atoms. The molecule has 0 saturated heterocycles. The molecule has 0 radical (unpaired) electrons. The maximum atomic E-state index is 10.4. The van der Waals surface area contributed by atoms with E-state index in [0.29, 0.717) is 0 Å². The van der Waals surface area contributed by atoms with Crippen LogP contribution in [0.5, 0.6) is 0 Å². The summed E-state index contributed by atoms with van der Waals surface area (Å²) in [5.41, 5.74) is -0.576. The average molecular weight is 216 g/mol. The van der Waals surface area contributed by atoms with Gasteiger partial charge in [0.2, 0.25) is 0 Å². The molecular weight excluding hydrogens is 200 g/mol. The minimum absolute atomic E-state index is 0.110. The van der Waals surface area contributed by atoms with Crippen molar-refractivity contribution in [3.63, 3.8) is 0 Å². The quantitative estimate of drug-likeness (QED) is 0.757. The van der Waals surface area contributed by atoms with Gasteiger partial charge in [-0.15, -0.1) is 0 Å². The van der Waals surface area contributed by atoms with Gasteiger partial charge in [0.05, 0.1) is 5.60 Å². The van der Waals surface area contributed by atoms with Gasteiger partial charge in [-0.3, -0.25) is 0 Å². The molecule has 0 heterocycles. The number of hydrogen-bond donors (Lipinski definition) is 2. The maximum absolute atomic E-state index is 10.4. The molecule has 0 fully saturated rings. The van der Waals surface area contributed by atoms with Crippen LogP contribution in [0.2, 0.25) is 0 Å². The van der Waals surface area contributed by atoms with E-state index in [1.807, 2.05) is 43.3 Å². The molecule has 0 spiro atoms. The molecule has 1 aromatic rings. The van der Waals surface area contributed by atoms with Crippen molar-refractivity contribution >= 4 is 0 Å². The number of rotatable bonds is 1. The Bertz CT molecular complexity index is 443. The molecule has 0 saturated carbocycles. The summed E-state index contributed by atoms with van der Waals surface area (Å²) >= 11 is 0. The van der Waals surface area contributed by atoms with Gasteiger partial charge < -0.3 is 10.2 Å². The van der Waals surface area contributed by atoms with Crippen molar-refractivity contribution in [2.75, 3.05) is 0 Å². The highest BCUT2D eigenvalue weighted by Gasteiger charge is 2.43. The summed E-state index contributed by atoms with van der Waals surface area (Å²) in [5, 5.41) is 19.9. The zero-order chi connectivity index (χ0) is 11.8. The molecule has 84 valence electrons. The van der Waals surface area contributed by atoms with Crippen LogP contribution < -0.4 is 0 Å². The minimum Gasteiger partial charge on any atom is -0.508 e. The first-order chi connectivity index (χ1) is 7.46. The molecule has 2 rings (SSSR count). The minimum atomic E-state index is -1.09. The van der Waals surface area contributed by atoms with Gasteiger partial charge >= 0.3 is 0 Å². The third-order valence-corrected chi connectivity index (χ3v) is 3.44. The number of aliphatic hydroxyl groups is 2. The molecule has 2 atom stereocenters. The van der Waals surface area contributed by atoms with Gasteiger partial charge in [0.25, 0.3) is 0 Å². The first-order valence-electron chi connectivity index (χ1n) is 5.35. The maximum Gasteiger partial charge on any atom is 0.114 e. The Morgan fingerprint density at radius 3 is 2.25 bits per heavy atom. The molecule has 1 aromatic carbocycles. The summed E-state index contributed by atoms with van der Waals surface area (Å²) < 4.78 is 0. The number of hydrogen-bond acceptors (Lipinski definition) is 2. The SMILES string of the molecule is CC1(O)C=C(O)C=CC1(C)c1ccccc1. The summed E-state index contributed by atoms with van der Waals surface area (Å²) in [6, 6.07) is 9.80. The van der Waals surface area contributed by atoms with Crippen molar-refractivity contribution in [1.29, 1.82) is 0 Å². The normalized spacial score (nSPS) is 33.6. The fourth-order valence-electron chi connectivity index (χ4n) is 2.08. The van der Waals surface area contributed by atoms with E-state index in [4.69, 9.17) is 0 Å². The van der Waals surface area contributed by atoms with Crippen molar-refractivity contribution in [3.8, 4) is 0 Å². The lowest BCUT2D eigenvalue weighted by Gasteiger charge is -2.41. The zero-order valence-corrected chi connectivity index (χ0v) is 9.51. The van der Waals surface area contributed by atoms with Crippen LogP contribution in [0.15, 0.2) is 54.3 Å². The number of aliphatic hydroxyl groups excluding tert-OH is 1. The average Bonchev–Trinajstić information content (AvgIpc) is 2.25. The summed E-state index contributed by atoms with van der Waals surface area (Å²) in [6.07, 6.45) is 4.96. The van der Waals surface area contributed by atoms with E-state index in [9.17, 15) is 10.2 Å². The van der Waals surface area contributed by atoms with Gasteiger partial charge in [0.1, 0.15) is 5.76 Å². The van der Waals surface area contributed by atoms with E-state index >= 15 is 0 Å². The third kappa shape index (κ3) is 1.55. The van der Waals surface area contributed by atoms with Crippen molar-refractivity contribution in [3.05, 3.63) is 59.9 Å². The molecule has 1 aliphatic carbocycles. The Kier molecular flexibility index (Phi) is 2.39. The third-order valence-electron chi connectivity index (χ3n) is 3.44. The molecule has 2 nitrogen and oxygen atoms in total. The topological polar surface area (TPSA) is 40.5 Å². The van der Waals surface area contributed by atoms with E-state index in [1.54, 1.807) is 13.0 Å². The highest BCUT2D eigenvalue weighted by molar-refractivity contribution is 5.42. The fourth-order valence-corrected chi connectivity index (χ4v) is 2.08. The van der Waals surface area contributed by atoms with Crippen molar-refractivity contribution in [2.24, 2.45) is 0 Å². The summed E-state index contributed by atoms with van der Waals surface area (Å²) in [7, 11) is 0. The van der Waals surface area contributed by atoms with Crippen LogP contribution in [0.3, 0.4) is 0 Å². The number of allylic oxidation sites excluding steroid dienone is 1. The molecule has 2 unspecified atom stereocenters. The largest absolute Gasteiger partial charge is 0.508 e. The van der Waals surface area contributed by atoms with Crippen molar-refractivity contribution < 1.29 is 10.2 Å². The Morgan fingerprint density at radius 1 is 1.06 bits per heavy atom. The highest BCUT2D eigenvalue weighted by Crippen LogP contribution is 2.40. The van der Waals surface area contributed by atoms with Crippen LogP contribution in [-0.2, 0) is 5.41 Å². The second-order valence-corrected chi connectivity index (χ2v) is 4.62. The van der Waals surface area contributed by atoms with E-state index < -0.39 is 11.0 Å². The number of benzene rings is 1. The van der Waals surface area contributed by atoms with E-state index in [-0.39, 0.29) is 5.76 Å². The molecule has 0 bridgehead atoms. The van der Waals surface area contributed by atoms with Crippen LogP contribution in [0, 0.1) is 0 Å². The highest BCUT2D eigenvalue weighted by atomic mass is 16.3. The lowest BCUT2D eigenvalue weighted by molar-refractivity contribution is 0.0469. The monoisotopic (exact) mass is 216 g/mol. The summed E-state index contributed by atoms with van der Waals surface area (Å²) in [5.74, 6) is 0.110. The van der Waals surface area contributed by atoms with Gasteiger partial charge in [-0.1, -0.05) is 36.4 Å². The Balaban J connectivity index is 2.52. The molecule has 1 aliphatic rings. The van der Waals surface area contributed by atoms with Gasteiger partial charge in [-0.05, 0) is 31.6 Å². The lowest BCUT2D eigenvalue weighted by atomic mass is 9.67. The first kappa shape index (κ1) is 11.0. The van der Waals surface area contributed by atoms with Gasteiger partial charge in [-0.25, -0.2) is 0 Å². The lowest BCUT2D eigenvalue weighted by Crippen LogP contribution is -2.46. The Morgan fingerprint density at radius 2 is 1.69 bits per heavy atom. The zero-order valence-electron chi connectivity index (χ0n) is 9.51. The van der Waals surface area contributed by atoms with Crippen LogP contribution in [0.1, 0.15) is 19.4 Å². The standard InChI is InChI=1S/C14H16O2/c1-13(11-6-4-3-5-7-11)9-8-12(15)10-14(13,2)16/h3-10,15-16H,1-2H3. The predicted molar refractivity (Wildman–Crippen MR) is 64.3 cm³/mol. The molecule has 2 N–H and O–H groups in total. The second-order valence-electron chi connectivity index (χ2n) is 4.62. The molecule has 0 aliphatic heterocycles. The van der Waals surface area contributed by atoms with Crippen LogP contribution >= 0.6 is 0 Å². The van der Waals surface area contributed by atoms with Crippen molar-refractivity contribution in [1.82, 2.24) is 0 Å². The smallest absolute Gasteiger partial charge is 0.114 e. The fraction of sp³-hybridized carbons (Fsp3) is 0.286. The first-order valence-corrected chi connectivity index (χ1v) is 5.35. The summed E-state index contributed by atoms with van der Waals surface area (Å²) in [6.45, 7) is 3.67. The summed E-state index contributed by atoms with van der Waals surface area (Å²) in [4.78, 5) is 0. The predicted octanol–water partition coefficient (Wildman–Crippen LogP) is 2.71. The van der Waals surface area contributed by atoms with Crippen LogP contribution in [0.4, 0.5) is 0 Å². The molecule has 0 amide bonds. The van der Waals surface area contributed by atoms with Crippen molar-refractivity contribution in [2.45, 2.75) is 24.9 Å². The Labute approximate surface area is 95.6 Å². The second kappa shape index (κ2) is 3.49.